The molecule has 3 N–H and O–H groups in total. The molecule has 1 heterocycles. The maximum atomic E-state index is 5.59. The maximum absolute atomic E-state index is 5.59. The summed E-state index contributed by atoms with van der Waals surface area (Å²) in [5.74, 6) is 5.55. The minimum atomic E-state index is 0.186. The van der Waals surface area contributed by atoms with Crippen molar-refractivity contribution < 1.29 is 4.74 Å². The van der Waals surface area contributed by atoms with Gasteiger partial charge in [-0.15, -0.1) is 0 Å². The molecule has 5 nitrogen and oxygen atoms in total. The number of hydrogen-bond acceptors (Lipinski definition) is 4. The van der Waals surface area contributed by atoms with Gasteiger partial charge in [0.05, 0.1) is 18.4 Å². The Balaban J connectivity index is 2.52. The van der Waals surface area contributed by atoms with Crippen LogP contribution in [0.3, 0.4) is 0 Å². The van der Waals surface area contributed by atoms with Crippen LogP contribution in [-0.4, -0.2) is 28.5 Å². The Morgan fingerprint density at radius 3 is 2.50 bits per heavy atom. The van der Waals surface area contributed by atoms with Gasteiger partial charge >= 0.3 is 0 Å². The zero-order valence-electron chi connectivity index (χ0n) is 12.2. The summed E-state index contributed by atoms with van der Waals surface area (Å²) >= 11 is 0. The first-order valence-electron chi connectivity index (χ1n) is 6.52. The fourth-order valence-corrected chi connectivity index (χ4v) is 2.02. The number of ether oxygens (including phenoxy) is 1. The molecule has 1 atom stereocenters. The summed E-state index contributed by atoms with van der Waals surface area (Å²) in [5.41, 5.74) is 6.48. The summed E-state index contributed by atoms with van der Waals surface area (Å²) in [6.07, 6.45) is 2.17. The van der Waals surface area contributed by atoms with Gasteiger partial charge in [-0.25, -0.2) is 0 Å². The second-order valence-electron chi connectivity index (χ2n) is 5.06. The maximum Gasteiger partial charge on any atom is 0.0636 e. The zero-order valence-corrected chi connectivity index (χ0v) is 12.2. The lowest BCUT2D eigenvalue weighted by Crippen LogP contribution is -2.39. The molecule has 5 heteroatoms. The molecule has 1 aromatic rings. The van der Waals surface area contributed by atoms with E-state index in [0.717, 1.165) is 18.5 Å². The molecule has 1 rings (SSSR count). The van der Waals surface area contributed by atoms with Crippen LogP contribution in [0.5, 0.6) is 0 Å². The van der Waals surface area contributed by atoms with Crippen LogP contribution >= 0.6 is 0 Å². The van der Waals surface area contributed by atoms with E-state index in [9.17, 15) is 0 Å². The predicted octanol–water partition coefficient (Wildman–Crippen LogP) is 1.23. The molecule has 0 aliphatic heterocycles. The van der Waals surface area contributed by atoms with E-state index >= 15 is 0 Å². The molecule has 18 heavy (non-hydrogen) atoms. The predicted molar refractivity (Wildman–Crippen MR) is 73.2 cm³/mol. The van der Waals surface area contributed by atoms with Crippen molar-refractivity contribution in [2.45, 2.75) is 52.7 Å². The molecule has 0 amide bonds. The number of nitrogens with one attached hydrogen (secondary N) is 1. The number of hydrazine groups is 1. The van der Waals surface area contributed by atoms with Crippen molar-refractivity contribution >= 4 is 0 Å². The van der Waals surface area contributed by atoms with E-state index < -0.39 is 0 Å². The third-order valence-electron chi connectivity index (χ3n) is 3.27. The van der Waals surface area contributed by atoms with E-state index in [1.54, 1.807) is 0 Å². The van der Waals surface area contributed by atoms with Crippen molar-refractivity contribution in [3.63, 3.8) is 0 Å². The van der Waals surface area contributed by atoms with E-state index in [1.807, 2.05) is 25.6 Å². The minimum absolute atomic E-state index is 0.186. The fourth-order valence-electron chi connectivity index (χ4n) is 2.02. The van der Waals surface area contributed by atoms with Gasteiger partial charge in [0.1, 0.15) is 0 Å². The molecule has 0 saturated heterocycles. The monoisotopic (exact) mass is 254 g/mol. The topological polar surface area (TPSA) is 65.1 Å². The first-order valence-corrected chi connectivity index (χ1v) is 6.52. The lowest BCUT2D eigenvalue weighted by molar-refractivity contribution is 0.0596. The highest BCUT2D eigenvalue weighted by molar-refractivity contribution is 5.24. The lowest BCUT2D eigenvalue weighted by Gasteiger charge is -2.17. The molecule has 0 saturated carbocycles. The number of nitrogens with zero attached hydrogens (tertiary/aromatic N) is 2. The van der Waals surface area contributed by atoms with Crippen LogP contribution in [0.15, 0.2) is 0 Å². The third-order valence-corrected chi connectivity index (χ3v) is 3.27. The summed E-state index contributed by atoms with van der Waals surface area (Å²) < 4.78 is 7.52. The largest absolute Gasteiger partial charge is 0.377 e. The molecule has 0 radical (unpaired) electrons. The van der Waals surface area contributed by atoms with Crippen LogP contribution in [0.1, 0.15) is 37.2 Å². The van der Waals surface area contributed by atoms with Gasteiger partial charge in [-0.1, -0.05) is 0 Å². The molecule has 1 unspecified atom stereocenters. The average Bonchev–Trinajstić information content (AvgIpc) is 2.54. The van der Waals surface area contributed by atoms with Crippen LogP contribution < -0.4 is 11.3 Å². The van der Waals surface area contributed by atoms with E-state index in [4.69, 9.17) is 10.6 Å². The number of nitrogens with two attached hydrogens (primary N) is 1. The summed E-state index contributed by atoms with van der Waals surface area (Å²) in [7, 11) is 1.98. The SMILES string of the molecule is Cc1nn(C)c(C)c1CCC(COC(C)C)NN. The Hall–Kier alpha value is -0.910. The minimum Gasteiger partial charge on any atom is -0.377 e. The van der Waals surface area contributed by atoms with Crippen LogP contribution in [-0.2, 0) is 18.2 Å². The number of hydrogen-bond donors (Lipinski definition) is 2. The van der Waals surface area contributed by atoms with E-state index in [0.29, 0.717) is 6.61 Å². The molecule has 104 valence electrons. The highest BCUT2D eigenvalue weighted by Crippen LogP contribution is 2.15. The Morgan fingerprint density at radius 2 is 2.06 bits per heavy atom. The van der Waals surface area contributed by atoms with Gasteiger partial charge in [-0.3, -0.25) is 16.0 Å². The lowest BCUT2D eigenvalue weighted by atomic mass is 10.0. The molecule has 0 bridgehead atoms. The van der Waals surface area contributed by atoms with Crippen molar-refractivity contribution in [2.24, 2.45) is 12.9 Å². The van der Waals surface area contributed by atoms with Gasteiger partial charge in [0.15, 0.2) is 0 Å². The zero-order chi connectivity index (χ0) is 13.7. The summed E-state index contributed by atoms with van der Waals surface area (Å²) in [4.78, 5) is 0. The van der Waals surface area contributed by atoms with Crippen molar-refractivity contribution in [1.82, 2.24) is 15.2 Å². The van der Waals surface area contributed by atoms with E-state index in [-0.39, 0.29) is 12.1 Å². The molecule has 0 fully saturated rings. The average molecular weight is 254 g/mol. The third kappa shape index (κ3) is 4.08. The normalized spacial score (nSPS) is 13.3. The van der Waals surface area contributed by atoms with Crippen LogP contribution in [0.2, 0.25) is 0 Å². The van der Waals surface area contributed by atoms with Gasteiger partial charge < -0.3 is 4.74 Å². The Bertz CT molecular complexity index is 373. The number of rotatable bonds is 7. The van der Waals surface area contributed by atoms with Gasteiger partial charge in [-0.05, 0) is 46.1 Å². The van der Waals surface area contributed by atoms with Gasteiger partial charge in [-0.2, -0.15) is 5.10 Å². The Morgan fingerprint density at radius 1 is 1.39 bits per heavy atom. The first-order chi connectivity index (χ1) is 8.45. The Labute approximate surface area is 110 Å². The second-order valence-corrected chi connectivity index (χ2v) is 5.06. The van der Waals surface area contributed by atoms with E-state index in [1.165, 1.54) is 11.3 Å². The van der Waals surface area contributed by atoms with Gasteiger partial charge in [0, 0.05) is 18.8 Å². The van der Waals surface area contributed by atoms with Gasteiger partial charge in [0.25, 0.3) is 0 Å². The second kappa shape index (κ2) is 6.87. The van der Waals surface area contributed by atoms with Crippen molar-refractivity contribution in [3.05, 3.63) is 17.0 Å². The smallest absolute Gasteiger partial charge is 0.0636 e. The molecule has 0 aliphatic carbocycles. The van der Waals surface area contributed by atoms with Crippen LogP contribution in [0.4, 0.5) is 0 Å². The van der Waals surface area contributed by atoms with Crippen molar-refractivity contribution in [2.75, 3.05) is 6.61 Å². The highest BCUT2D eigenvalue weighted by atomic mass is 16.5. The molecule has 0 aromatic carbocycles. The number of aryl methyl sites for hydroxylation is 2. The van der Waals surface area contributed by atoms with Crippen molar-refractivity contribution in [1.29, 1.82) is 0 Å². The number of aromatic nitrogens is 2. The fraction of sp³-hybridized carbons (Fsp3) is 0.769. The quantitative estimate of drug-likeness (QED) is 0.567. The first kappa shape index (κ1) is 15.1. The molecule has 0 aliphatic rings. The van der Waals surface area contributed by atoms with Crippen LogP contribution in [0, 0.1) is 13.8 Å². The molecule has 1 aromatic heterocycles. The Kier molecular flexibility index (Phi) is 5.78. The molecular weight excluding hydrogens is 228 g/mol. The summed E-state index contributed by atoms with van der Waals surface area (Å²) in [6.45, 7) is 8.86. The summed E-state index contributed by atoms with van der Waals surface area (Å²) in [6, 6.07) is 0.186. The van der Waals surface area contributed by atoms with Crippen molar-refractivity contribution in [3.8, 4) is 0 Å². The standard InChI is InChI=1S/C13H26N4O/c1-9(2)18-8-12(15-14)6-7-13-10(3)16-17(5)11(13)4/h9,12,15H,6-8,14H2,1-5H3. The summed E-state index contributed by atoms with van der Waals surface area (Å²) in [5, 5.41) is 4.42. The van der Waals surface area contributed by atoms with Crippen LogP contribution in [0.25, 0.3) is 0 Å². The molecule has 0 spiro atoms. The van der Waals surface area contributed by atoms with E-state index in [2.05, 4.69) is 24.4 Å². The van der Waals surface area contributed by atoms with Gasteiger partial charge in [0.2, 0.25) is 0 Å². The highest BCUT2D eigenvalue weighted by Gasteiger charge is 2.13. The molecular formula is C13H26N4O.